The van der Waals surface area contributed by atoms with E-state index < -0.39 is 115 Å². The number of amides is 4. The van der Waals surface area contributed by atoms with E-state index >= 15 is 0 Å². The van der Waals surface area contributed by atoms with E-state index in [2.05, 4.69) is 101 Å². The highest BCUT2D eigenvalue weighted by molar-refractivity contribution is 6.32. The number of carbonyl (C=O) groups is 4. The van der Waals surface area contributed by atoms with Crippen molar-refractivity contribution in [3.63, 3.8) is 0 Å². The van der Waals surface area contributed by atoms with Gasteiger partial charge in [-0.2, -0.15) is 57.7 Å². The molecule has 12 aromatic heterocycles. The largest absolute Gasteiger partial charge is 0.405 e. The van der Waals surface area contributed by atoms with Crippen molar-refractivity contribution in [1.29, 1.82) is 0 Å². The van der Waals surface area contributed by atoms with Crippen LogP contribution in [0.1, 0.15) is 73.6 Å². The molecule has 13 heterocycles. The maximum absolute atomic E-state index is 14.7. The highest BCUT2D eigenvalue weighted by atomic mass is 35.5. The molecule has 11 N–H and O–H groups in total. The van der Waals surface area contributed by atoms with Crippen LogP contribution in [-0.2, 0) is 23.9 Å². The predicted molar refractivity (Wildman–Crippen MR) is 430 cm³/mol. The van der Waals surface area contributed by atoms with Crippen LogP contribution in [0.5, 0.6) is 0 Å². The van der Waals surface area contributed by atoms with E-state index in [0.29, 0.717) is 92.7 Å². The van der Waals surface area contributed by atoms with E-state index in [9.17, 15) is 80.6 Å². The van der Waals surface area contributed by atoms with E-state index in [4.69, 9.17) is 51.1 Å². The number of anilines is 4. The average molecular weight is 1780 g/mol. The number of aromatic nitrogens is 17. The minimum Gasteiger partial charge on any atom is -0.380 e. The molecule has 0 bridgehead atoms. The van der Waals surface area contributed by atoms with Crippen LogP contribution in [0.25, 0.3) is 89.7 Å². The number of hydrogen-bond acceptors (Lipinski definition) is 22. The Hall–Kier alpha value is -11.8. The first-order valence-electron chi connectivity index (χ1n) is 35.0. The molecule has 12 aromatic rings. The van der Waals surface area contributed by atoms with Crippen molar-refractivity contribution in [3.8, 4) is 45.6 Å². The van der Waals surface area contributed by atoms with Gasteiger partial charge in [-0.3, -0.25) is 19.2 Å². The Kier molecular flexibility index (Phi) is 27.6. The molecule has 4 amide bonds. The normalized spacial score (nSPS) is 14.8. The summed E-state index contributed by atoms with van der Waals surface area (Å²) in [6.07, 6.45) is -1.27. The van der Waals surface area contributed by atoms with Gasteiger partial charge in [0.25, 0.3) is 0 Å². The fourth-order valence-corrected chi connectivity index (χ4v) is 12.0. The van der Waals surface area contributed by atoms with E-state index in [1.807, 2.05) is 16.0 Å². The number of aromatic amines is 4. The van der Waals surface area contributed by atoms with Gasteiger partial charge in [0.2, 0.25) is 29.6 Å². The number of hydrogen-bond donors (Lipinski definition) is 11. The predicted octanol–water partition coefficient (Wildman–Crippen LogP) is 16.2. The lowest BCUT2D eigenvalue weighted by atomic mass is 9.97. The summed E-state index contributed by atoms with van der Waals surface area (Å²) in [5.74, 6) is -4.50. The molecule has 0 aliphatic carbocycles. The third-order valence-corrected chi connectivity index (χ3v) is 18.7. The van der Waals surface area contributed by atoms with Crippen LogP contribution in [0.2, 0.25) is 20.1 Å². The summed E-state index contributed by atoms with van der Waals surface area (Å²) in [7, 11) is 1.41. The molecule has 30 nitrogen and oxygen atoms in total. The number of methoxy groups -OCH3 is 1. The van der Waals surface area contributed by atoms with E-state index in [-0.39, 0.29) is 73.7 Å². The summed E-state index contributed by atoms with van der Waals surface area (Å²) >= 11 is 24.0. The van der Waals surface area contributed by atoms with Crippen LogP contribution in [0, 0.1) is 11.6 Å². The van der Waals surface area contributed by atoms with Crippen molar-refractivity contribution in [3.05, 3.63) is 137 Å². The quantitative estimate of drug-likeness (QED) is 0.0281. The molecule has 0 radical (unpaired) electrons. The second-order valence-electron chi connectivity index (χ2n) is 27.0. The molecule has 1 fully saturated rings. The third kappa shape index (κ3) is 23.2. The van der Waals surface area contributed by atoms with Crippen molar-refractivity contribution in [2.24, 2.45) is 0 Å². The van der Waals surface area contributed by atoms with Crippen LogP contribution in [0.3, 0.4) is 0 Å². The van der Waals surface area contributed by atoms with Crippen LogP contribution >= 0.6 is 46.4 Å². The van der Waals surface area contributed by atoms with Crippen LogP contribution in [-0.4, -0.2) is 202 Å². The number of H-pyrrole nitrogens is 4. The smallest absolute Gasteiger partial charge is 0.380 e. The zero-order chi connectivity index (χ0) is 86.9. The molecule has 13 rings (SSSR count). The fourth-order valence-electron chi connectivity index (χ4n) is 11.4. The molecule has 650 valence electrons. The first kappa shape index (κ1) is 89.6. The summed E-state index contributed by atoms with van der Waals surface area (Å²) in [4.78, 5) is 116. The van der Waals surface area contributed by atoms with Crippen LogP contribution in [0.4, 0.5) is 84.9 Å². The first-order chi connectivity index (χ1) is 55.8. The minimum atomic E-state index is -4.57. The Labute approximate surface area is 696 Å². The average Bonchev–Trinajstić information content (AvgIpc) is 1.62. The summed E-state index contributed by atoms with van der Waals surface area (Å²) in [6.45, 7) is 3.21. The van der Waals surface area contributed by atoms with Crippen molar-refractivity contribution < 1.29 is 98.2 Å². The van der Waals surface area contributed by atoms with Crippen molar-refractivity contribution >= 4 is 138 Å². The van der Waals surface area contributed by atoms with Gasteiger partial charge in [0.05, 0.1) is 38.6 Å². The minimum absolute atomic E-state index is 0. The summed E-state index contributed by atoms with van der Waals surface area (Å²) in [5, 5.41) is 19.9. The maximum atomic E-state index is 14.7. The number of pyridine rings is 4. The van der Waals surface area contributed by atoms with Gasteiger partial charge in [0.1, 0.15) is 83.6 Å². The number of halogens is 18. The number of rotatable bonds is 22. The molecule has 1 aliphatic heterocycles. The van der Waals surface area contributed by atoms with Gasteiger partial charge in [-0.15, -0.1) is 0 Å². The number of nitrogens with one attached hydrogen (secondary N) is 11. The summed E-state index contributed by atoms with van der Waals surface area (Å²) in [5.41, 5.74) is 0.246. The van der Waals surface area contributed by atoms with Gasteiger partial charge < -0.3 is 66.8 Å². The molecule has 119 heavy (non-hydrogen) atoms. The van der Waals surface area contributed by atoms with Gasteiger partial charge in [0, 0.05) is 132 Å². The van der Waals surface area contributed by atoms with Gasteiger partial charge in [-0.1, -0.05) is 60.3 Å². The number of fused-ring (bicyclic) bond motifs is 4. The Bertz CT molecular complexity index is 5700. The molecule has 0 saturated carbocycles. The monoisotopic (exact) mass is 1770 g/mol. The van der Waals surface area contributed by atoms with E-state index in [0.717, 1.165) is 17.8 Å². The zero-order valence-corrected chi connectivity index (χ0v) is 65.8. The van der Waals surface area contributed by atoms with Gasteiger partial charge in [0.15, 0.2) is 46.6 Å². The SMILES string of the molecule is CC(C)(Nc1ncnc(-c2c[nH]c3ncc(Cl)cc23)n1)C(=O)NCC(F)(F)F.CC[C@@](C)(Nc1ccnc(-c2c[nH]c3ncc(Cl)cc23)n1)C(=O)NCC(F)(F)F.CC[C@@](C)(Nc1nc(-c2c[nH]c3ncc(Cl)cc23)ncc1F)C(=O)NCC(F)(F)F.COC1C[C@@H](C(=O)NCC(F)(F)F)N(c2nc(-c3c[nH]c4ncc(Cl)cc34)ncc2F)C1.[HH].[HH].[HH].[HH].[HH].[HH].[HH].[HH].[HH]. The van der Waals surface area contributed by atoms with Gasteiger partial charge in [-0.05, 0) is 70.9 Å². The van der Waals surface area contributed by atoms with Gasteiger partial charge in [-0.25, -0.2) is 68.6 Å². The molecule has 0 aromatic carbocycles. The molecule has 0 spiro atoms. The maximum Gasteiger partial charge on any atom is 0.405 e. The van der Waals surface area contributed by atoms with Crippen LogP contribution in [0.15, 0.2) is 105 Å². The zero-order valence-electron chi connectivity index (χ0n) is 62.7. The molecule has 1 saturated heterocycles. The Morgan fingerprint density at radius 2 is 0.882 bits per heavy atom. The van der Waals surface area contributed by atoms with Crippen molar-refractivity contribution in [2.45, 2.75) is 114 Å². The van der Waals surface area contributed by atoms with Crippen molar-refractivity contribution in [2.75, 3.05) is 60.7 Å². The number of nitrogens with zero attached hydrogens (tertiary/aromatic N) is 14. The molecule has 48 heteroatoms. The van der Waals surface area contributed by atoms with Gasteiger partial charge >= 0.3 is 24.7 Å². The second-order valence-corrected chi connectivity index (χ2v) is 28.8. The Morgan fingerprint density at radius 3 is 1.31 bits per heavy atom. The molecular weight excluding hydrogens is 1690 g/mol. The fraction of sp³-hybridized carbons (Fsp3) is 0.338. The molecule has 4 atom stereocenters. The lowest BCUT2D eigenvalue weighted by Gasteiger charge is -2.29. The first-order valence-corrected chi connectivity index (χ1v) is 36.5. The van der Waals surface area contributed by atoms with Crippen molar-refractivity contribution in [1.82, 2.24) is 106 Å². The Morgan fingerprint density at radius 1 is 0.487 bits per heavy atom. The molecular formula is C71H85Cl4F14N25O5. The number of ether oxygens (including phenoxy) is 1. The Balaban J connectivity index is 0.000000835. The number of alkyl halides is 12. The highest BCUT2D eigenvalue weighted by Gasteiger charge is 2.42. The molecule has 1 aliphatic rings. The lowest BCUT2D eigenvalue weighted by Crippen LogP contribution is -2.52. The van der Waals surface area contributed by atoms with Crippen LogP contribution < -0.4 is 42.1 Å². The third-order valence-electron chi connectivity index (χ3n) is 17.8. The highest BCUT2D eigenvalue weighted by Crippen LogP contribution is 2.36. The second kappa shape index (κ2) is 36.6. The summed E-state index contributed by atoms with van der Waals surface area (Å²) < 4.78 is 183. The molecule has 1 unspecified atom stereocenters. The van der Waals surface area contributed by atoms with E-state index in [1.54, 1.807) is 68.2 Å². The number of carbonyl (C=O) groups excluding carboxylic acids is 4. The standard InChI is InChI=1S/C19H17ClF4N6O2.C18H17ClF4N6O.C18H18ClF3N6O.C16H15ClF3N7O.9H2/c1-32-10-3-14(18(31)28-8-19(22,23)24)30(7-10)17-13(21)6-27-16(29-17)12-5-26-15-11(12)2-9(20)4-25-15;1-3-17(2,16(30)27-8-18(21,22)23)29-15-12(20)7-26-14(28-15)11-6-25-13-10(11)4-9(19)5-24-13;1-3-17(2,16(29)26-9-18(20,21)22)28-13-4-5-23-15(27-13)12-8-25-14-11(12)6-10(19)7-24-14;1-15(2,13(28)23-6-16(18,19)20)27-14-25-7-24-12(26-14)10-5-22-11-9(10)3-8(17)4-21-11;;;;;;;;;/h2,4-6,10,14H,3,7-8H2,1H3,(H,25,26)(H,28,31);4-7H,3,8H2,1-2H3,(H,24,25)(H,27,30)(H,26,28,29);4-8H,3,9H2,1-2H3,(H,24,25)(H,26,29)(H,23,27,28);3-5,7H,6H2,1-2H3,(H,21,22)(H,23,28)(H,24,25,26,27);9*1H/t10?,14-;2*17-;;;;;;;;;;/m011........../s1. The topological polar surface area (TPSA) is 396 Å². The van der Waals surface area contributed by atoms with E-state index in [1.165, 1.54) is 83.1 Å². The summed E-state index contributed by atoms with van der Waals surface area (Å²) in [6, 6.07) is 7.14. The lowest BCUT2D eigenvalue weighted by molar-refractivity contribution is -0.140.